The number of hydrogen-bond donors (Lipinski definition) is 1. The summed E-state index contributed by atoms with van der Waals surface area (Å²) >= 11 is 2.03. The summed E-state index contributed by atoms with van der Waals surface area (Å²) in [6.45, 7) is 10.5. The van der Waals surface area contributed by atoms with Gasteiger partial charge in [-0.1, -0.05) is 20.4 Å². The molecule has 0 aliphatic carbocycles. The van der Waals surface area contributed by atoms with E-state index >= 15 is 0 Å². The van der Waals surface area contributed by atoms with Crippen molar-refractivity contribution in [2.45, 2.75) is 26.8 Å². The molecule has 1 rings (SSSR count). The molecule has 64 valence electrons. The Balaban J connectivity index is 2.51. The Morgan fingerprint density at radius 1 is 1.64 bits per heavy atom. The second kappa shape index (κ2) is 3.10. The largest absolute Gasteiger partial charge is 0.385 e. The van der Waals surface area contributed by atoms with Gasteiger partial charge >= 0.3 is 0 Å². The highest BCUT2D eigenvalue weighted by atomic mass is 32.2. The van der Waals surface area contributed by atoms with Crippen molar-refractivity contribution < 1.29 is 0 Å². The van der Waals surface area contributed by atoms with E-state index in [9.17, 15) is 0 Å². The first kappa shape index (κ1) is 8.98. The first-order chi connectivity index (χ1) is 5.02. The third-order valence-corrected chi connectivity index (χ3v) is 3.64. The minimum Gasteiger partial charge on any atom is -0.385 e. The highest BCUT2D eigenvalue weighted by molar-refractivity contribution is 7.99. The van der Waals surface area contributed by atoms with E-state index in [0.717, 1.165) is 5.70 Å². The molecule has 11 heavy (non-hydrogen) atoms. The Morgan fingerprint density at radius 3 is 2.64 bits per heavy atom. The maximum Gasteiger partial charge on any atom is 0.0407 e. The van der Waals surface area contributed by atoms with E-state index in [1.807, 2.05) is 18.7 Å². The standard InChI is InChI=1S/C9H17NS/c1-7(2)10-8-5-11-6-9(8,3)4/h8,10H,1,5-6H2,2-4H3. The van der Waals surface area contributed by atoms with Crippen LogP contribution in [0.2, 0.25) is 0 Å². The lowest BCUT2D eigenvalue weighted by molar-refractivity contribution is 0.331. The highest BCUT2D eigenvalue weighted by Gasteiger charge is 2.34. The molecule has 1 atom stereocenters. The molecule has 1 aliphatic heterocycles. The van der Waals surface area contributed by atoms with Gasteiger partial charge in [0.2, 0.25) is 0 Å². The Kier molecular flexibility index (Phi) is 2.53. The van der Waals surface area contributed by atoms with Crippen molar-refractivity contribution >= 4 is 11.8 Å². The summed E-state index contributed by atoms with van der Waals surface area (Å²) in [5.74, 6) is 2.48. The van der Waals surface area contributed by atoms with Crippen molar-refractivity contribution in [2.75, 3.05) is 11.5 Å². The molecule has 0 spiro atoms. The third-order valence-electron chi connectivity index (χ3n) is 2.12. The molecule has 1 saturated heterocycles. The van der Waals surface area contributed by atoms with Gasteiger partial charge in [0.05, 0.1) is 0 Å². The molecule has 1 heterocycles. The zero-order valence-electron chi connectivity index (χ0n) is 7.61. The Bertz CT molecular complexity index is 163. The monoisotopic (exact) mass is 171 g/mol. The Morgan fingerprint density at radius 2 is 2.27 bits per heavy atom. The average molecular weight is 171 g/mol. The van der Waals surface area contributed by atoms with Crippen LogP contribution in [0.5, 0.6) is 0 Å². The quantitative estimate of drug-likeness (QED) is 0.684. The molecule has 1 fully saturated rings. The summed E-state index contributed by atoms with van der Waals surface area (Å²) in [6.07, 6.45) is 0. The lowest BCUT2D eigenvalue weighted by Crippen LogP contribution is -2.39. The van der Waals surface area contributed by atoms with Crippen LogP contribution in [0.3, 0.4) is 0 Å². The minimum absolute atomic E-state index is 0.434. The van der Waals surface area contributed by atoms with Gasteiger partial charge in [0, 0.05) is 23.2 Å². The molecule has 0 amide bonds. The van der Waals surface area contributed by atoms with Crippen molar-refractivity contribution in [3.63, 3.8) is 0 Å². The molecule has 1 N–H and O–H groups in total. The smallest absolute Gasteiger partial charge is 0.0407 e. The van der Waals surface area contributed by atoms with Crippen LogP contribution < -0.4 is 5.32 Å². The second-order valence-corrected chi connectivity index (χ2v) is 5.01. The SMILES string of the molecule is C=C(C)NC1CSCC1(C)C. The van der Waals surface area contributed by atoms with Gasteiger partial charge in [-0.15, -0.1) is 0 Å². The molecule has 0 radical (unpaired) electrons. The molecule has 0 aromatic heterocycles. The molecule has 1 unspecified atom stereocenters. The zero-order chi connectivity index (χ0) is 8.48. The fourth-order valence-corrected chi connectivity index (χ4v) is 2.92. The number of rotatable bonds is 2. The van der Waals surface area contributed by atoms with Crippen LogP contribution in [0.15, 0.2) is 12.3 Å². The van der Waals surface area contributed by atoms with Crippen molar-refractivity contribution in [1.82, 2.24) is 5.32 Å². The highest BCUT2D eigenvalue weighted by Crippen LogP contribution is 2.35. The van der Waals surface area contributed by atoms with Gasteiger partial charge in [-0.05, 0) is 12.3 Å². The van der Waals surface area contributed by atoms with Crippen molar-refractivity contribution in [3.05, 3.63) is 12.3 Å². The normalized spacial score (nSPS) is 28.5. The summed E-state index contributed by atoms with van der Waals surface area (Å²) in [4.78, 5) is 0. The van der Waals surface area contributed by atoms with Crippen LogP contribution >= 0.6 is 11.8 Å². The van der Waals surface area contributed by atoms with Gasteiger partial charge in [0.25, 0.3) is 0 Å². The van der Waals surface area contributed by atoms with Gasteiger partial charge in [0.1, 0.15) is 0 Å². The van der Waals surface area contributed by atoms with Gasteiger partial charge in [-0.3, -0.25) is 0 Å². The predicted molar refractivity (Wildman–Crippen MR) is 52.8 cm³/mol. The maximum absolute atomic E-state index is 3.86. The molecular formula is C9H17NS. The summed E-state index contributed by atoms with van der Waals surface area (Å²) in [5, 5.41) is 3.42. The lowest BCUT2D eigenvalue weighted by atomic mass is 9.88. The van der Waals surface area contributed by atoms with E-state index in [1.54, 1.807) is 0 Å². The predicted octanol–water partition coefficient (Wildman–Crippen LogP) is 2.25. The number of thioether (sulfide) groups is 1. The van der Waals surface area contributed by atoms with E-state index in [1.165, 1.54) is 11.5 Å². The Labute approximate surface area is 73.6 Å². The second-order valence-electron chi connectivity index (χ2n) is 3.98. The van der Waals surface area contributed by atoms with Gasteiger partial charge in [0.15, 0.2) is 0 Å². The number of nitrogens with one attached hydrogen (secondary N) is 1. The van der Waals surface area contributed by atoms with Crippen LogP contribution in [0.25, 0.3) is 0 Å². The first-order valence-corrected chi connectivity index (χ1v) is 5.17. The van der Waals surface area contributed by atoms with Crippen molar-refractivity contribution in [3.8, 4) is 0 Å². The molecule has 1 aliphatic rings. The zero-order valence-corrected chi connectivity index (χ0v) is 8.42. The van der Waals surface area contributed by atoms with Crippen LogP contribution in [0.1, 0.15) is 20.8 Å². The van der Waals surface area contributed by atoms with Gasteiger partial charge < -0.3 is 5.32 Å². The van der Waals surface area contributed by atoms with E-state index in [4.69, 9.17) is 0 Å². The van der Waals surface area contributed by atoms with E-state index in [0.29, 0.717) is 11.5 Å². The van der Waals surface area contributed by atoms with E-state index in [2.05, 4.69) is 25.7 Å². The van der Waals surface area contributed by atoms with Crippen LogP contribution in [0.4, 0.5) is 0 Å². The molecule has 0 saturated carbocycles. The third kappa shape index (κ3) is 2.16. The van der Waals surface area contributed by atoms with Crippen LogP contribution in [0, 0.1) is 5.41 Å². The lowest BCUT2D eigenvalue weighted by Gasteiger charge is -2.27. The van der Waals surface area contributed by atoms with E-state index < -0.39 is 0 Å². The maximum atomic E-state index is 3.86. The summed E-state index contributed by atoms with van der Waals surface area (Å²) in [5.41, 5.74) is 1.52. The van der Waals surface area contributed by atoms with Crippen molar-refractivity contribution in [1.29, 1.82) is 0 Å². The molecule has 0 aromatic rings. The molecular weight excluding hydrogens is 154 g/mol. The number of hydrogen-bond acceptors (Lipinski definition) is 2. The van der Waals surface area contributed by atoms with Gasteiger partial charge in [-0.2, -0.15) is 11.8 Å². The molecule has 2 heteroatoms. The summed E-state index contributed by atoms with van der Waals surface area (Å²) in [6, 6.07) is 0.616. The molecule has 0 aromatic carbocycles. The Hall–Kier alpha value is -0.110. The molecule has 0 bridgehead atoms. The topological polar surface area (TPSA) is 12.0 Å². The average Bonchev–Trinajstić information content (AvgIpc) is 2.10. The molecule has 1 nitrogen and oxygen atoms in total. The summed E-state index contributed by atoms with van der Waals surface area (Å²) in [7, 11) is 0. The van der Waals surface area contributed by atoms with Crippen LogP contribution in [-0.2, 0) is 0 Å². The number of allylic oxidation sites excluding steroid dienone is 1. The van der Waals surface area contributed by atoms with Crippen LogP contribution in [-0.4, -0.2) is 17.5 Å². The fourth-order valence-electron chi connectivity index (χ4n) is 1.30. The van der Waals surface area contributed by atoms with E-state index in [-0.39, 0.29) is 0 Å². The van der Waals surface area contributed by atoms with Gasteiger partial charge in [-0.25, -0.2) is 0 Å². The van der Waals surface area contributed by atoms with Crippen molar-refractivity contribution in [2.24, 2.45) is 5.41 Å². The summed E-state index contributed by atoms with van der Waals surface area (Å²) < 4.78 is 0. The fraction of sp³-hybridized carbons (Fsp3) is 0.778. The first-order valence-electron chi connectivity index (χ1n) is 4.02. The minimum atomic E-state index is 0.434.